The second-order valence-corrected chi connectivity index (χ2v) is 3.52. The number of nitrogens with one attached hydrogen (secondary N) is 1. The van der Waals surface area contributed by atoms with Crippen molar-refractivity contribution in [2.75, 3.05) is 0 Å². The monoisotopic (exact) mass is 188 g/mol. The van der Waals surface area contributed by atoms with Gasteiger partial charge in [0.15, 0.2) is 0 Å². The molecule has 1 N–H and O–H groups in total. The van der Waals surface area contributed by atoms with Crippen molar-refractivity contribution in [3.63, 3.8) is 0 Å². The summed E-state index contributed by atoms with van der Waals surface area (Å²) >= 11 is 0. The second-order valence-electron chi connectivity index (χ2n) is 3.52. The van der Waals surface area contributed by atoms with E-state index in [2.05, 4.69) is 34.2 Å². The van der Waals surface area contributed by atoms with Crippen LogP contribution < -0.4 is 0 Å². The molecule has 0 aliphatic heterocycles. The average Bonchev–Trinajstić information content (AvgIpc) is 2.71. The van der Waals surface area contributed by atoms with Gasteiger partial charge in [-0.3, -0.25) is 5.10 Å². The van der Waals surface area contributed by atoms with Crippen molar-refractivity contribution in [3.05, 3.63) is 30.2 Å². The van der Waals surface area contributed by atoms with E-state index in [0.717, 1.165) is 11.3 Å². The number of rotatable bonds is 2. The van der Waals surface area contributed by atoms with Crippen LogP contribution in [0.3, 0.4) is 0 Å². The van der Waals surface area contributed by atoms with Crippen LogP contribution in [0.1, 0.15) is 25.3 Å². The van der Waals surface area contributed by atoms with Crippen LogP contribution in [0, 0.1) is 0 Å². The third-order valence-electron chi connectivity index (χ3n) is 2.14. The van der Waals surface area contributed by atoms with Crippen LogP contribution in [0.4, 0.5) is 0 Å². The first-order valence-corrected chi connectivity index (χ1v) is 4.59. The first-order chi connectivity index (χ1) is 6.77. The summed E-state index contributed by atoms with van der Waals surface area (Å²) < 4.78 is 0. The molecule has 2 heterocycles. The van der Waals surface area contributed by atoms with Crippen molar-refractivity contribution in [2.24, 2.45) is 0 Å². The summed E-state index contributed by atoms with van der Waals surface area (Å²) in [6.07, 6.45) is 5.36. The Morgan fingerprint density at radius 3 is 2.79 bits per heavy atom. The first-order valence-electron chi connectivity index (χ1n) is 4.59. The molecule has 14 heavy (non-hydrogen) atoms. The first kappa shape index (κ1) is 8.87. The van der Waals surface area contributed by atoms with Crippen LogP contribution in [-0.4, -0.2) is 20.4 Å². The average molecular weight is 188 g/mol. The smallest absolute Gasteiger partial charge is 0.0963 e. The summed E-state index contributed by atoms with van der Waals surface area (Å²) in [7, 11) is 0. The topological polar surface area (TPSA) is 54.5 Å². The molecule has 0 spiro atoms. The van der Waals surface area contributed by atoms with Gasteiger partial charge >= 0.3 is 0 Å². The van der Waals surface area contributed by atoms with Crippen molar-refractivity contribution in [1.82, 2.24) is 20.4 Å². The molecule has 0 saturated heterocycles. The van der Waals surface area contributed by atoms with Crippen molar-refractivity contribution in [1.29, 1.82) is 0 Å². The van der Waals surface area contributed by atoms with Crippen LogP contribution in [0.15, 0.2) is 24.7 Å². The lowest BCUT2D eigenvalue weighted by atomic mass is 10.0. The Morgan fingerprint density at radius 2 is 2.14 bits per heavy atom. The number of hydrogen-bond acceptors (Lipinski definition) is 3. The number of hydrogen-bond donors (Lipinski definition) is 1. The van der Waals surface area contributed by atoms with Crippen LogP contribution >= 0.6 is 0 Å². The maximum Gasteiger partial charge on any atom is 0.0963 e. The van der Waals surface area contributed by atoms with Gasteiger partial charge in [-0.15, -0.1) is 0 Å². The van der Waals surface area contributed by atoms with Crippen LogP contribution in [0.5, 0.6) is 0 Å². The summed E-state index contributed by atoms with van der Waals surface area (Å²) in [5.41, 5.74) is 3.03. The van der Waals surface area contributed by atoms with E-state index in [4.69, 9.17) is 0 Å². The molecular weight excluding hydrogens is 176 g/mol. The van der Waals surface area contributed by atoms with Crippen LogP contribution in [0.2, 0.25) is 0 Å². The Kier molecular flexibility index (Phi) is 2.26. The van der Waals surface area contributed by atoms with Gasteiger partial charge in [0.25, 0.3) is 0 Å². The fourth-order valence-corrected chi connectivity index (χ4v) is 1.23. The third kappa shape index (κ3) is 1.64. The van der Waals surface area contributed by atoms with Crippen molar-refractivity contribution in [2.45, 2.75) is 19.8 Å². The van der Waals surface area contributed by atoms with Gasteiger partial charge in [-0.2, -0.15) is 15.3 Å². The normalized spacial score (nSPS) is 10.8. The Balaban J connectivity index is 2.41. The molecular formula is C10H12N4. The zero-order chi connectivity index (χ0) is 9.97. The molecule has 2 aromatic heterocycles. The molecule has 0 amide bonds. The lowest BCUT2D eigenvalue weighted by molar-refractivity contribution is 0.843. The standard InChI is InChI=1S/C10H12N4/c1-7(2)8-3-10(14-13-4-8)9-5-11-12-6-9/h3-7H,1-2H3,(H,11,12). The van der Waals surface area contributed by atoms with Gasteiger partial charge in [0.1, 0.15) is 0 Å². The quantitative estimate of drug-likeness (QED) is 0.784. The maximum atomic E-state index is 4.05. The largest absolute Gasteiger partial charge is 0.285 e. The summed E-state index contributed by atoms with van der Waals surface area (Å²) in [4.78, 5) is 0. The molecule has 4 heteroatoms. The van der Waals surface area contributed by atoms with E-state index in [-0.39, 0.29) is 0 Å². The zero-order valence-corrected chi connectivity index (χ0v) is 8.23. The highest BCUT2D eigenvalue weighted by molar-refractivity contribution is 5.56. The predicted octanol–water partition coefficient (Wildman–Crippen LogP) is 1.99. The number of nitrogens with zero attached hydrogens (tertiary/aromatic N) is 3. The molecule has 0 bridgehead atoms. The minimum Gasteiger partial charge on any atom is -0.285 e. The van der Waals surface area contributed by atoms with Crippen LogP contribution in [0.25, 0.3) is 11.3 Å². The minimum atomic E-state index is 0.469. The van der Waals surface area contributed by atoms with Gasteiger partial charge in [-0.05, 0) is 17.5 Å². The molecule has 0 unspecified atom stereocenters. The Labute approximate surface area is 82.4 Å². The SMILES string of the molecule is CC(C)c1cnnc(-c2cn[nH]c2)c1. The van der Waals surface area contributed by atoms with Gasteiger partial charge in [-0.25, -0.2) is 0 Å². The molecule has 2 aromatic rings. The minimum absolute atomic E-state index is 0.469. The summed E-state index contributed by atoms with van der Waals surface area (Å²) in [5, 5.41) is 14.7. The number of aromatic amines is 1. The summed E-state index contributed by atoms with van der Waals surface area (Å²) in [6.45, 7) is 4.27. The highest BCUT2D eigenvalue weighted by Gasteiger charge is 2.04. The van der Waals surface area contributed by atoms with Crippen molar-refractivity contribution in [3.8, 4) is 11.3 Å². The van der Waals surface area contributed by atoms with Gasteiger partial charge < -0.3 is 0 Å². The fourth-order valence-electron chi connectivity index (χ4n) is 1.23. The Hall–Kier alpha value is -1.71. The maximum absolute atomic E-state index is 4.05. The van der Waals surface area contributed by atoms with E-state index in [1.807, 2.05) is 12.3 Å². The molecule has 0 aliphatic rings. The van der Waals surface area contributed by atoms with Crippen molar-refractivity contribution >= 4 is 0 Å². The zero-order valence-electron chi connectivity index (χ0n) is 8.23. The molecule has 0 fully saturated rings. The molecule has 0 aliphatic carbocycles. The summed E-state index contributed by atoms with van der Waals surface area (Å²) in [5.74, 6) is 0.469. The van der Waals surface area contributed by atoms with Gasteiger partial charge in [0.2, 0.25) is 0 Å². The molecule has 0 aromatic carbocycles. The third-order valence-corrected chi connectivity index (χ3v) is 2.14. The second kappa shape index (κ2) is 3.57. The predicted molar refractivity (Wildman–Crippen MR) is 53.7 cm³/mol. The van der Waals surface area contributed by atoms with E-state index >= 15 is 0 Å². The van der Waals surface area contributed by atoms with E-state index < -0.39 is 0 Å². The van der Waals surface area contributed by atoms with Crippen LogP contribution in [-0.2, 0) is 0 Å². The Bertz CT molecular complexity index is 406. The van der Waals surface area contributed by atoms with E-state index in [9.17, 15) is 0 Å². The van der Waals surface area contributed by atoms with Gasteiger partial charge in [-0.1, -0.05) is 13.8 Å². The lowest BCUT2D eigenvalue weighted by Crippen LogP contribution is -1.93. The van der Waals surface area contributed by atoms with E-state index in [0.29, 0.717) is 5.92 Å². The highest BCUT2D eigenvalue weighted by atomic mass is 15.1. The van der Waals surface area contributed by atoms with E-state index in [1.165, 1.54) is 5.56 Å². The molecule has 0 radical (unpaired) electrons. The molecule has 72 valence electrons. The van der Waals surface area contributed by atoms with Gasteiger partial charge in [0.05, 0.1) is 18.1 Å². The summed E-state index contributed by atoms with van der Waals surface area (Å²) in [6, 6.07) is 2.04. The van der Waals surface area contributed by atoms with Gasteiger partial charge in [0, 0.05) is 11.8 Å². The fraction of sp³-hybridized carbons (Fsp3) is 0.300. The van der Waals surface area contributed by atoms with E-state index in [1.54, 1.807) is 12.4 Å². The number of aromatic nitrogens is 4. The highest BCUT2D eigenvalue weighted by Crippen LogP contribution is 2.19. The molecule has 0 atom stereocenters. The molecule has 4 nitrogen and oxygen atoms in total. The Morgan fingerprint density at radius 1 is 1.29 bits per heavy atom. The van der Waals surface area contributed by atoms with Crippen molar-refractivity contribution < 1.29 is 0 Å². The number of H-pyrrole nitrogens is 1. The molecule has 0 saturated carbocycles. The lowest BCUT2D eigenvalue weighted by Gasteiger charge is -2.04. The molecule has 2 rings (SSSR count).